The average Bonchev–Trinajstić information content (AvgIpc) is 2.59. The predicted molar refractivity (Wildman–Crippen MR) is 89.0 cm³/mol. The van der Waals surface area contributed by atoms with Gasteiger partial charge in [0.25, 0.3) is 5.91 Å². The molecule has 128 valence electrons. The summed E-state index contributed by atoms with van der Waals surface area (Å²) >= 11 is 0. The first-order valence-electron chi connectivity index (χ1n) is 7.26. The van der Waals surface area contributed by atoms with Gasteiger partial charge in [0.05, 0.1) is 6.54 Å². The molecular formula is C18H15FN2O4. The van der Waals surface area contributed by atoms with Crippen LogP contribution in [0.2, 0.25) is 0 Å². The van der Waals surface area contributed by atoms with Crippen molar-refractivity contribution in [3.63, 3.8) is 0 Å². The molecule has 0 aliphatic carbocycles. The minimum atomic E-state index is -0.665. The maximum atomic E-state index is 12.8. The Labute approximate surface area is 143 Å². The lowest BCUT2D eigenvalue weighted by Crippen LogP contribution is -2.33. The fraction of sp³-hybridized carbons (Fsp3) is 0.0556. The number of amides is 2. The molecule has 0 atom stereocenters. The van der Waals surface area contributed by atoms with Crippen LogP contribution in [0.1, 0.15) is 15.9 Å². The number of rotatable bonds is 6. The fourth-order valence-corrected chi connectivity index (χ4v) is 1.86. The highest BCUT2D eigenvalue weighted by atomic mass is 19.1. The largest absolute Gasteiger partial charge is 0.423 e. The first-order valence-corrected chi connectivity index (χ1v) is 7.26. The molecule has 0 aliphatic heterocycles. The highest BCUT2D eigenvalue weighted by molar-refractivity contribution is 5.97. The molecule has 25 heavy (non-hydrogen) atoms. The lowest BCUT2D eigenvalue weighted by atomic mass is 10.2. The molecule has 0 spiro atoms. The van der Waals surface area contributed by atoms with Crippen molar-refractivity contribution in [2.75, 3.05) is 6.54 Å². The zero-order valence-corrected chi connectivity index (χ0v) is 13.1. The van der Waals surface area contributed by atoms with Crippen LogP contribution in [0.4, 0.5) is 4.39 Å². The Morgan fingerprint density at radius 2 is 1.84 bits per heavy atom. The standard InChI is InChI=1S/C18H15FN2O4/c19-14-7-4-12(5-8-14)6-9-17(23)25-15-3-1-2-13(10-15)18(24)21-11-16(20)22/h1-10H,11H2,(H2,20,22)(H,21,24)/b9-6+. The molecule has 7 heteroatoms. The SMILES string of the molecule is NC(=O)CNC(=O)c1cccc(OC(=O)/C=C/c2ccc(F)cc2)c1. The Bertz CT molecular complexity index is 816. The van der Waals surface area contributed by atoms with Gasteiger partial charge in [-0.2, -0.15) is 0 Å². The summed E-state index contributed by atoms with van der Waals surface area (Å²) in [6.45, 7) is -0.288. The summed E-state index contributed by atoms with van der Waals surface area (Å²) in [6, 6.07) is 11.5. The first kappa shape index (κ1) is 17.9. The molecule has 0 unspecified atom stereocenters. The Morgan fingerprint density at radius 3 is 2.52 bits per heavy atom. The quantitative estimate of drug-likeness (QED) is 0.474. The van der Waals surface area contributed by atoms with Gasteiger partial charge >= 0.3 is 5.97 Å². The normalized spacial score (nSPS) is 10.4. The van der Waals surface area contributed by atoms with Gasteiger partial charge in [0, 0.05) is 11.6 Å². The van der Waals surface area contributed by atoms with E-state index in [-0.39, 0.29) is 23.7 Å². The van der Waals surface area contributed by atoms with E-state index < -0.39 is 17.8 Å². The second kappa shape index (κ2) is 8.39. The number of ether oxygens (including phenoxy) is 1. The number of primary amides is 1. The molecule has 0 heterocycles. The van der Waals surface area contributed by atoms with E-state index in [1.165, 1.54) is 60.7 Å². The van der Waals surface area contributed by atoms with Crippen LogP contribution in [0.15, 0.2) is 54.6 Å². The molecule has 0 aromatic heterocycles. The fourth-order valence-electron chi connectivity index (χ4n) is 1.86. The summed E-state index contributed by atoms with van der Waals surface area (Å²) in [5.41, 5.74) is 5.81. The van der Waals surface area contributed by atoms with Gasteiger partial charge < -0.3 is 15.8 Å². The highest BCUT2D eigenvalue weighted by Crippen LogP contribution is 2.14. The maximum Gasteiger partial charge on any atom is 0.336 e. The van der Waals surface area contributed by atoms with Crippen LogP contribution in [0.5, 0.6) is 5.75 Å². The van der Waals surface area contributed by atoms with Crippen molar-refractivity contribution in [3.05, 3.63) is 71.6 Å². The topological polar surface area (TPSA) is 98.5 Å². The Hall–Kier alpha value is -3.48. The second-order valence-corrected chi connectivity index (χ2v) is 4.98. The van der Waals surface area contributed by atoms with Crippen LogP contribution in [0, 0.1) is 5.82 Å². The molecule has 2 aromatic carbocycles. The van der Waals surface area contributed by atoms with E-state index >= 15 is 0 Å². The number of carbonyl (C=O) groups is 3. The van der Waals surface area contributed by atoms with Crippen molar-refractivity contribution in [2.45, 2.75) is 0 Å². The number of nitrogens with one attached hydrogen (secondary N) is 1. The molecular weight excluding hydrogens is 327 g/mol. The van der Waals surface area contributed by atoms with E-state index in [0.29, 0.717) is 5.56 Å². The zero-order valence-electron chi connectivity index (χ0n) is 13.1. The second-order valence-electron chi connectivity index (χ2n) is 4.98. The number of benzene rings is 2. The number of hydrogen-bond acceptors (Lipinski definition) is 4. The van der Waals surface area contributed by atoms with Gasteiger partial charge in [-0.3, -0.25) is 9.59 Å². The van der Waals surface area contributed by atoms with Crippen molar-refractivity contribution in [2.24, 2.45) is 5.73 Å². The average molecular weight is 342 g/mol. The van der Waals surface area contributed by atoms with E-state index in [2.05, 4.69) is 5.32 Å². The minimum Gasteiger partial charge on any atom is -0.423 e. The van der Waals surface area contributed by atoms with Crippen LogP contribution < -0.4 is 15.8 Å². The summed E-state index contributed by atoms with van der Waals surface area (Å²) in [4.78, 5) is 34.3. The lowest BCUT2D eigenvalue weighted by Gasteiger charge is -2.05. The van der Waals surface area contributed by atoms with Gasteiger partial charge in [0.2, 0.25) is 5.91 Å². The molecule has 0 fully saturated rings. The van der Waals surface area contributed by atoms with E-state index in [0.717, 1.165) is 0 Å². The Morgan fingerprint density at radius 1 is 1.12 bits per heavy atom. The number of esters is 1. The van der Waals surface area contributed by atoms with E-state index in [9.17, 15) is 18.8 Å². The molecule has 6 nitrogen and oxygen atoms in total. The van der Waals surface area contributed by atoms with Crippen molar-refractivity contribution in [1.29, 1.82) is 0 Å². The molecule has 0 aliphatic rings. The van der Waals surface area contributed by atoms with Gasteiger partial charge in [0.1, 0.15) is 11.6 Å². The maximum absolute atomic E-state index is 12.8. The number of halogens is 1. The number of carbonyl (C=O) groups excluding carboxylic acids is 3. The monoisotopic (exact) mass is 342 g/mol. The van der Waals surface area contributed by atoms with E-state index in [4.69, 9.17) is 10.5 Å². The third-order valence-electron chi connectivity index (χ3n) is 3.02. The van der Waals surface area contributed by atoms with Crippen LogP contribution in [-0.4, -0.2) is 24.3 Å². The van der Waals surface area contributed by atoms with Gasteiger partial charge in [-0.1, -0.05) is 18.2 Å². The van der Waals surface area contributed by atoms with Crippen molar-refractivity contribution < 1.29 is 23.5 Å². The van der Waals surface area contributed by atoms with Crippen LogP contribution >= 0.6 is 0 Å². The van der Waals surface area contributed by atoms with Crippen LogP contribution in [0.3, 0.4) is 0 Å². The molecule has 2 rings (SSSR count). The van der Waals surface area contributed by atoms with E-state index in [1.54, 1.807) is 0 Å². The predicted octanol–water partition coefficient (Wildman–Crippen LogP) is 1.66. The molecule has 0 radical (unpaired) electrons. The summed E-state index contributed by atoms with van der Waals surface area (Å²) < 4.78 is 17.9. The molecule has 0 bridgehead atoms. The Balaban J connectivity index is 1.98. The summed E-state index contributed by atoms with van der Waals surface area (Å²) in [7, 11) is 0. The molecule has 2 aromatic rings. The van der Waals surface area contributed by atoms with Gasteiger partial charge in [-0.05, 0) is 42.0 Å². The molecule has 0 saturated carbocycles. The molecule has 2 amide bonds. The summed E-state index contributed by atoms with van der Waals surface area (Å²) in [5, 5.41) is 2.33. The number of nitrogens with two attached hydrogens (primary N) is 1. The first-order chi connectivity index (χ1) is 11.9. The van der Waals surface area contributed by atoms with Crippen molar-refractivity contribution in [3.8, 4) is 5.75 Å². The summed E-state index contributed by atoms with van der Waals surface area (Å²) in [5.74, 6) is -2.04. The third-order valence-corrected chi connectivity index (χ3v) is 3.02. The van der Waals surface area contributed by atoms with E-state index in [1.807, 2.05) is 0 Å². The number of hydrogen-bond donors (Lipinski definition) is 2. The summed E-state index contributed by atoms with van der Waals surface area (Å²) in [6.07, 6.45) is 2.66. The van der Waals surface area contributed by atoms with Crippen LogP contribution in [0.25, 0.3) is 6.08 Å². The zero-order chi connectivity index (χ0) is 18.2. The van der Waals surface area contributed by atoms with Crippen molar-refractivity contribution >= 4 is 23.9 Å². The van der Waals surface area contributed by atoms with Gasteiger partial charge in [0.15, 0.2) is 0 Å². The highest BCUT2D eigenvalue weighted by Gasteiger charge is 2.09. The third kappa shape index (κ3) is 5.91. The van der Waals surface area contributed by atoms with Gasteiger partial charge in [-0.25, -0.2) is 9.18 Å². The van der Waals surface area contributed by atoms with Gasteiger partial charge in [-0.15, -0.1) is 0 Å². The van der Waals surface area contributed by atoms with Crippen molar-refractivity contribution in [1.82, 2.24) is 5.32 Å². The lowest BCUT2D eigenvalue weighted by molar-refractivity contribution is -0.128. The minimum absolute atomic E-state index is 0.167. The van der Waals surface area contributed by atoms with Crippen LogP contribution in [-0.2, 0) is 9.59 Å². The molecule has 0 saturated heterocycles. The smallest absolute Gasteiger partial charge is 0.336 e. The molecule has 3 N–H and O–H groups in total. The Kier molecular flexibility index (Phi) is 6.00.